The molecule has 1 aliphatic rings. The molecule has 1 heterocycles. The highest BCUT2D eigenvalue weighted by atomic mass is 32.2. The van der Waals surface area contributed by atoms with E-state index in [1.165, 1.54) is 4.31 Å². The van der Waals surface area contributed by atoms with Crippen LogP contribution >= 0.6 is 0 Å². The van der Waals surface area contributed by atoms with Crippen LogP contribution in [0.5, 0.6) is 0 Å². The van der Waals surface area contributed by atoms with Gasteiger partial charge in [0.05, 0.1) is 0 Å². The van der Waals surface area contributed by atoms with Gasteiger partial charge in [0.2, 0.25) is 0 Å². The fourth-order valence-electron chi connectivity index (χ4n) is 2.63. The summed E-state index contributed by atoms with van der Waals surface area (Å²) >= 11 is 0. The molecule has 0 aliphatic carbocycles. The molecular formula is C12H27N3O2S. The van der Waals surface area contributed by atoms with Crippen LogP contribution in [0.4, 0.5) is 0 Å². The SMILES string of the molecule is CCC(CC)(CN)N(C)S(=O)(=O)N1CCCCC1. The van der Waals surface area contributed by atoms with E-state index in [0.29, 0.717) is 19.6 Å². The highest BCUT2D eigenvalue weighted by Crippen LogP contribution is 2.27. The lowest BCUT2D eigenvalue weighted by Crippen LogP contribution is -2.58. The van der Waals surface area contributed by atoms with Crippen molar-refractivity contribution in [3.8, 4) is 0 Å². The van der Waals surface area contributed by atoms with Crippen molar-refractivity contribution in [2.45, 2.75) is 51.5 Å². The zero-order chi connectivity index (χ0) is 13.8. The molecule has 18 heavy (non-hydrogen) atoms. The Morgan fingerprint density at radius 1 is 1.17 bits per heavy atom. The van der Waals surface area contributed by atoms with Crippen molar-refractivity contribution in [3.05, 3.63) is 0 Å². The van der Waals surface area contributed by atoms with E-state index in [0.717, 1.165) is 32.1 Å². The van der Waals surface area contributed by atoms with Crippen LogP contribution in [0.3, 0.4) is 0 Å². The van der Waals surface area contributed by atoms with E-state index in [1.54, 1.807) is 11.4 Å². The molecule has 0 atom stereocenters. The molecule has 0 saturated carbocycles. The van der Waals surface area contributed by atoms with Gasteiger partial charge in [0.1, 0.15) is 0 Å². The van der Waals surface area contributed by atoms with Crippen molar-refractivity contribution < 1.29 is 8.42 Å². The van der Waals surface area contributed by atoms with E-state index in [9.17, 15) is 8.42 Å². The van der Waals surface area contributed by atoms with Gasteiger partial charge < -0.3 is 5.73 Å². The minimum absolute atomic E-state index is 0.365. The molecule has 5 nitrogen and oxygen atoms in total. The predicted molar refractivity (Wildman–Crippen MR) is 74.5 cm³/mol. The maximum absolute atomic E-state index is 12.6. The maximum atomic E-state index is 12.6. The van der Waals surface area contributed by atoms with Gasteiger partial charge in [0.15, 0.2) is 0 Å². The molecular weight excluding hydrogens is 250 g/mol. The van der Waals surface area contributed by atoms with Crippen LogP contribution in [0.2, 0.25) is 0 Å². The Labute approximate surface area is 112 Å². The first-order valence-corrected chi connectivity index (χ1v) is 8.28. The standard InChI is InChI=1S/C12H27N3O2S/c1-4-12(5-2,11-13)14(3)18(16,17)15-9-7-6-8-10-15/h4-11,13H2,1-3H3. The molecule has 0 spiro atoms. The number of hydrogen-bond acceptors (Lipinski definition) is 3. The third kappa shape index (κ3) is 2.87. The van der Waals surface area contributed by atoms with E-state index >= 15 is 0 Å². The molecule has 0 aromatic carbocycles. The van der Waals surface area contributed by atoms with Crippen LogP contribution in [-0.4, -0.2) is 49.2 Å². The molecule has 1 rings (SSSR count). The third-order valence-corrected chi connectivity index (χ3v) is 6.45. The molecule has 1 fully saturated rings. The van der Waals surface area contributed by atoms with Gasteiger partial charge in [-0.05, 0) is 25.7 Å². The van der Waals surface area contributed by atoms with Crippen molar-refractivity contribution in [2.24, 2.45) is 5.73 Å². The molecule has 0 aromatic heterocycles. The van der Waals surface area contributed by atoms with Gasteiger partial charge in [0, 0.05) is 32.2 Å². The smallest absolute Gasteiger partial charge is 0.282 e. The molecule has 0 radical (unpaired) electrons. The first-order valence-electron chi connectivity index (χ1n) is 6.88. The van der Waals surface area contributed by atoms with Crippen molar-refractivity contribution in [1.82, 2.24) is 8.61 Å². The van der Waals surface area contributed by atoms with Crippen LogP contribution in [0.25, 0.3) is 0 Å². The summed E-state index contributed by atoms with van der Waals surface area (Å²) in [6.07, 6.45) is 4.52. The van der Waals surface area contributed by atoms with Crippen molar-refractivity contribution >= 4 is 10.2 Å². The van der Waals surface area contributed by atoms with Crippen molar-refractivity contribution in [2.75, 3.05) is 26.7 Å². The molecule has 108 valence electrons. The van der Waals surface area contributed by atoms with Crippen molar-refractivity contribution in [1.29, 1.82) is 0 Å². The topological polar surface area (TPSA) is 66.6 Å². The Morgan fingerprint density at radius 2 is 1.67 bits per heavy atom. The van der Waals surface area contributed by atoms with Gasteiger partial charge in [-0.2, -0.15) is 17.0 Å². The molecule has 0 amide bonds. The van der Waals surface area contributed by atoms with Gasteiger partial charge in [0.25, 0.3) is 10.2 Å². The van der Waals surface area contributed by atoms with E-state index in [4.69, 9.17) is 5.73 Å². The first-order chi connectivity index (χ1) is 8.44. The second-order valence-corrected chi connectivity index (χ2v) is 7.03. The van der Waals surface area contributed by atoms with Gasteiger partial charge in [-0.1, -0.05) is 20.3 Å². The van der Waals surface area contributed by atoms with E-state index in [2.05, 4.69) is 0 Å². The maximum Gasteiger partial charge on any atom is 0.282 e. The third-order valence-electron chi connectivity index (χ3n) is 4.35. The molecule has 1 aliphatic heterocycles. The van der Waals surface area contributed by atoms with Crippen LogP contribution in [-0.2, 0) is 10.2 Å². The Bertz CT molecular complexity index is 338. The lowest BCUT2D eigenvalue weighted by atomic mass is 9.93. The van der Waals surface area contributed by atoms with E-state index in [1.807, 2.05) is 13.8 Å². The summed E-state index contributed by atoms with van der Waals surface area (Å²) < 4.78 is 28.3. The van der Waals surface area contributed by atoms with Gasteiger partial charge in [-0.15, -0.1) is 0 Å². The zero-order valence-corrected chi connectivity index (χ0v) is 12.7. The molecule has 0 aromatic rings. The first kappa shape index (κ1) is 15.9. The quantitative estimate of drug-likeness (QED) is 0.792. The molecule has 0 bridgehead atoms. The van der Waals surface area contributed by atoms with Crippen LogP contribution < -0.4 is 5.73 Å². The summed E-state index contributed by atoms with van der Waals surface area (Å²) in [5, 5.41) is 0. The average Bonchev–Trinajstić information content (AvgIpc) is 2.42. The van der Waals surface area contributed by atoms with Crippen molar-refractivity contribution in [3.63, 3.8) is 0 Å². The lowest BCUT2D eigenvalue weighted by Gasteiger charge is -2.42. The summed E-state index contributed by atoms with van der Waals surface area (Å²) in [7, 11) is -1.70. The van der Waals surface area contributed by atoms with Crippen LogP contribution in [0, 0.1) is 0 Å². The second kappa shape index (κ2) is 6.32. The average molecular weight is 277 g/mol. The summed E-state index contributed by atoms with van der Waals surface area (Å²) in [5.41, 5.74) is 5.38. The molecule has 6 heteroatoms. The Hall–Kier alpha value is -0.170. The Morgan fingerprint density at radius 3 is 2.06 bits per heavy atom. The molecule has 1 saturated heterocycles. The molecule has 0 unspecified atom stereocenters. The zero-order valence-electron chi connectivity index (χ0n) is 11.9. The predicted octanol–water partition coefficient (Wildman–Crippen LogP) is 1.17. The van der Waals surface area contributed by atoms with E-state index in [-0.39, 0.29) is 0 Å². The largest absolute Gasteiger partial charge is 0.329 e. The Balaban J connectivity index is 2.95. The second-order valence-electron chi connectivity index (χ2n) is 5.07. The monoisotopic (exact) mass is 277 g/mol. The van der Waals surface area contributed by atoms with Gasteiger partial charge >= 0.3 is 0 Å². The minimum Gasteiger partial charge on any atom is -0.329 e. The summed E-state index contributed by atoms with van der Waals surface area (Å²) in [6, 6.07) is 0. The summed E-state index contributed by atoms with van der Waals surface area (Å²) in [4.78, 5) is 0. The van der Waals surface area contributed by atoms with Gasteiger partial charge in [-0.3, -0.25) is 0 Å². The highest BCUT2D eigenvalue weighted by Gasteiger charge is 2.40. The summed E-state index contributed by atoms with van der Waals surface area (Å²) in [5.74, 6) is 0. The van der Waals surface area contributed by atoms with E-state index < -0.39 is 15.7 Å². The summed E-state index contributed by atoms with van der Waals surface area (Å²) in [6.45, 7) is 5.64. The highest BCUT2D eigenvalue weighted by molar-refractivity contribution is 7.86. The number of nitrogens with two attached hydrogens (primary N) is 1. The number of likely N-dealkylation sites (N-methyl/N-ethyl adjacent to an activating group) is 1. The number of nitrogens with zero attached hydrogens (tertiary/aromatic N) is 2. The number of piperidine rings is 1. The molecule has 2 N–H and O–H groups in total. The lowest BCUT2D eigenvalue weighted by molar-refractivity contribution is 0.189. The van der Waals surface area contributed by atoms with Gasteiger partial charge in [-0.25, -0.2) is 0 Å². The fraction of sp³-hybridized carbons (Fsp3) is 1.00. The fourth-order valence-corrected chi connectivity index (χ4v) is 4.51. The van der Waals surface area contributed by atoms with Crippen LogP contribution in [0.1, 0.15) is 46.0 Å². The minimum atomic E-state index is -3.37. The Kier molecular flexibility index (Phi) is 5.58. The number of rotatable bonds is 6. The number of hydrogen-bond donors (Lipinski definition) is 1. The van der Waals surface area contributed by atoms with Crippen LogP contribution in [0.15, 0.2) is 0 Å². The normalized spacial score (nSPS) is 19.4.